The van der Waals surface area contributed by atoms with Crippen LogP contribution in [0.1, 0.15) is 11.5 Å². The van der Waals surface area contributed by atoms with Gasteiger partial charge in [-0.15, -0.1) is 0 Å². The van der Waals surface area contributed by atoms with E-state index < -0.39 is 0 Å². The zero-order chi connectivity index (χ0) is 10.5. The van der Waals surface area contributed by atoms with E-state index in [1.807, 2.05) is 6.07 Å². The normalized spacial score (nSPS) is 22.2. The van der Waals surface area contributed by atoms with Crippen LogP contribution in [0.2, 0.25) is 0 Å². The summed E-state index contributed by atoms with van der Waals surface area (Å²) < 4.78 is 0. The lowest BCUT2D eigenvalue weighted by atomic mass is 9.97. The van der Waals surface area contributed by atoms with E-state index in [2.05, 4.69) is 40.6 Å². The van der Waals surface area contributed by atoms with Gasteiger partial charge in [-0.2, -0.15) is 5.26 Å². The highest BCUT2D eigenvalue weighted by Gasteiger charge is 2.19. The van der Waals surface area contributed by atoms with Crippen molar-refractivity contribution in [3.8, 4) is 6.07 Å². The summed E-state index contributed by atoms with van der Waals surface area (Å²) in [6.45, 7) is 3.32. The average molecular weight is 201 g/mol. The van der Waals surface area contributed by atoms with Gasteiger partial charge in [0.05, 0.1) is 12.6 Å². The van der Waals surface area contributed by atoms with Crippen LogP contribution in [0.4, 0.5) is 0 Å². The Labute approximate surface area is 90.3 Å². The molecule has 0 saturated carbocycles. The van der Waals surface area contributed by atoms with Crippen LogP contribution in [0, 0.1) is 11.3 Å². The van der Waals surface area contributed by atoms with E-state index >= 15 is 0 Å². The van der Waals surface area contributed by atoms with Gasteiger partial charge in [0.1, 0.15) is 0 Å². The van der Waals surface area contributed by atoms with Gasteiger partial charge in [0, 0.05) is 25.7 Å². The topological polar surface area (TPSA) is 39.1 Å². The van der Waals surface area contributed by atoms with Crippen molar-refractivity contribution in [1.82, 2.24) is 10.2 Å². The largest absolute Gasteiger partial charge is 0.304 e. The lowest BCUT2D eigenvalue weighted by Crippen LogP contribution is -2.46. The molecule has 1 aliphatic rings. The summed E-state index contributed by atoms with van der Waals surface area (Å²) in [5, 5.41) is 12.0. The Hall–Kier alpha value is -1.37. The fourth-order valence-corrected chi connectivity index (χ4v) is 2.01. The van der Waals surface area contributed by atoms with Crippen molar-refractivity contribution in [3.63, 3.8) is 0 Å². The molecular formula is C12H15N3. The molecule has 1 aliphatic heterocycles. The molecule has 1 fully saturated rings. The first-order valence-corrected chi connectivity index (χ1v) is 5.25. The van der Waals surface area contributed by atoms with Gasteiger partial charge in [-0.1, -0.05) is 30.3 Å². The quantitative estimate of drug-likeness (QED) is 0.730. The molecule has 0 aliphatic carbocycles. The molecule has 78 valence electrons. The van der Waals surface area contributed by atoms with Gasteiger partial charge >= 0.3 is 0 Å². The van der Waals surface area contributed by atoms with Gasteiger partial charge < -0.3 is 5.32 Å². The summed E-state index contributed by atoms with van der Waals surface area (Å²) in [6.07, 6.45) is 0. The van der Waals surface area contributed by atoms with Crippen molar-refractivity contribution in [3.05, 3.63) is 35.9 Å². The zero-order valence-corrected chi connectivity index (χ0v) is 8.69. The molecule has 15 heavy (non-hydrogen) atoms. The predicted molar refractivity (Wildman–Crippen MR) is 59.2 cm³/mol. The maximum Gasteiger partial charge on any atom is 0.0876 e. The van der Waals surface area contributed by atoms with Gasteiger partial charge in [-0.05, 0) is 5.56 Å². The van der Waals surface area contributed by atoms with Crippen LogP contribution in [0.25, 0.3) is 0 Å². The number of nitrogens with zero attached hydrogens (tertiary/aromatic N) is 2. The first-order chi connectivity index (χ1) is 7.40. The van der Waals surface area contributed by atoms with Crippen molar-refractivity contribution in [2.45, 2.75) is 5.92 Å². The van der Waals surface area contributed by atoms with Gasteiger partial charge in [0.2, 0.25) is 0 Å². The van der Waals surface area contributed by atoms with Crippen molar-refractivity contribution >= 4 is 0 Å². The van der Waals surface area contributed by atoms with Crippen LogP contribution < -0.4 is 5.32 Å². The summed E-state index contributed by atoms with van der Waals surface area (Å²) in [6, 6.07) is 12.7. The molecule has 1 saturated heterocycles. The van der Waals surface area contributed by atoms with E-state index in [-0.39, 0.29) is 0 Å². The molecule has 0 radical (unpaired) electrons. The SMILES string of the molecule is N#CCN1CNCC(c2ccccc2)C1. The number of nitrogens with one attached hydrogen (secondary N) is 1. The molecule has 3 heteroatoms. The predicted octanol–water partition coefficient (Wildman–Crippen LogP) is 1.16. The molecule has 0 bridgehead atoms. The highest BCUT2D eigenvalue weighted by Crippen LogP contribution is 2.18. The number of hydrogen-bond donors (Lipinski definition) is 1. The Morgan fingerprint density at radius 2 is 2.20 bits per heavy atom. The Morgan fingerprint density at radius 1 is 1.40 bits per heavy atom. The van der Waals surface area contributed by atoms with E-state index in [1.165, 1.54) is 5.56 Å². The molecule has 3 nitrogen and oxygen atoms in total. The molecule has 0 amide bonds. The fourth-order valence-electron chi connectivity index (χ4n) is 2.01. The van der Waals surface area contributed by atoms with Crippen molar-refractivity contribution in [1.29, 1.82) is 5.26 Å². The van der Waals surface area contributed by atoms with Crippen molar-refractivity contribution < 1.29 is 0 Å². The molecule has 2 rings (SSSR count). The van der Waals surface area contributed by atoms with Gasteiger partial charge in [-0.3, -0.25) is 4.90 Å². The summed E-state index contributed by atoms with van der Waals surface area (Å²) in [5.74, 6) is 0.508. The van der Waals surface area contributed by atoms with E-state index in [1.54, 1.807) is 0 Å². The van der Waals surface area contributed by atoms with Gasteiger partial charge in [0.15, 0.2) is 0 Å². The lowest BCUT2D eigenvalue weighted by molar-refractivity contribution is 0.218. The monoisotopic (exact) mass is 201 g/mol. The van der Waals surface area contributed by atoms with Crippen molar-refractivity contribution in [2.24, 2.45) is 0 Å². The molecule has 1 heterocycles. The van der Waals surface area contributed by atoms with Crippen LogP contribution in [-0.4, -0.2) is 31.2 Å². The van der Waals surface area contributed by atoms with E-state index in [0.717, 1.165) is 19.8 Å². The zero-order valence-electron chi connectivity index (χ0n) is 8.69. The van der Waals surface area contributed by atoms with E-state index in [4.69, 9.17) is 5.26 Å². The number of nitriles is 1. The van der Waals surface area contributed by atoms with Crippen LogP contribution in [0.15, 0.2) is 30.3 Å². The second kappa shape index (κ2) is 4.92. The number of benzene rings is 1. The Bertz CT molecular complexity index is 342. The number of rotatable bonds is 2. The molecule has 1 aromatic carbocycles. The summed E-state index contributed by atoms with van der Waals surface area (Å²) in [4.78, 5) is 2.14. The number of hydrogen-bond acceptors (Lipinski definition) is 3. The van der Waals surface area contributed by atoms with Crippen LogP contribution >= 0.6 is 0 Å². The maximum absolute atomic E-state index is 8.66. The van der Waals surface area contributed by atoms with Gasteiger partial charge in [0.25, 0.3) is 0 Å². The van der Waals surface area contributed by atoms with Gasteiger partial charge in [-0.25, -0.2) is 0 Å². The third kappa shape index (κ3) is 2.56. The highest BCUT2D eigenvalue weighted by atomic mass is 15.2. The van der Waals surface area contributed by atoms with Crippen LogP contribution in [0.3, 0.4) is 0 Å². The molecular weight excluding hydrogens is 186 g/mol. The second-order valence-corrected chi connectivity index (χ2v) is 3.89. The second-order valence-electron chi connectivity index (χ2n) is 3.89. The summed E-state index contributed by atoms with van der Waals surface area (Å²) >= 11 is 0. The molecule has 1 N–H and O–H groups in total. The minimum Gasteiger partial charge on any atom is -0.304 e. The molecule has 1 atom stereocenters. The van der Waals surface area contributed by atoms with Crippen LogP contribution in [0.5, 0.6) is 0 Å². The average Bonchev–Trinajstić information content (AvgIpc) is 2.31. The van der Waals surface area contributed by atoms with Crippen LogP contribution in [-0.2, 0) is 0 Å². The van der Waals surface area contributed by atoms with Crippen molar-refractivity contribution in [2.75, 3.05) is 26.3 Å². The Balaban J connectivity index is 2.02. The standard InChI is InChI=1S/C12H15N3/c13-6-7-15-9-12(8-14-10-15)11-4-2-1-3-5-11/h1-5,12,14H,7-10H2. The van der Waals surface area contributed by atoms with E-state index in [9.17, 15) is 0 Å². The smallest absolute Gasteiger partial charge is 0.0876 e. The minimum atomic E-state index is 0.508. The summed E-state index contributed by atoms with van der Waals surface area (Å²) in [5.41, 5.74) is 1.35. The molecule has 0 spiro atoms. The minimum absolute atomic E-state index is 0.508. The Kier molecular flexibility index (Phi) is 3.33. The molecule has 1 unspecified atom stereocenters. The highest BCUT2D eigenvalue weighted by molar-refractivity contribution is 5.20. The molecule has 1 aromatic rings. The molecule has 0 aromatic heterocycles. The third-order valence-electron chi connectivity index (χ3n) is 2.77. The first kappa shape index (κ1) is 10.2. The van der Waals surface area contributed by atoms with E-state index in [0.29, 0.717) is 12.5 Å². The summed E-state index contributed by atoms with van der Waals surface area (Å²) in [7, 11) is 0. The fraction of sp³-hybridized carbons (Fsp3) is 0.417. The third-order valence-corrected chi connectivity index (χ3v) is 2.77. The first-order valence-electron chi connectivity index (χ1n) is 5.25. The lowest BCUT2D eigenvalue weighted by Gasteiger charge is -2.32. The maximum atomic E-state index is 8.66. The Morgan fingerprint density at radius 3 is 2.93 bits per heavy atom.